The van der Waals surface area contributed by atoms with Gasteiger partial charge in [-0.1, -0.05) is 75.2 Å². The maximum Gasteiger partial charge on any atom is 0.304 e. The van der Waals surface area contributed by atoms with E-state index in [4.69, 9.17) is 23.2 Å². The largest absolute Gasteiger partial charge is 0.481 e. The first-order chi connectivity index (χ1) is 17.3. The highest BCUT2D eigenvalue weighted by Crippen LogP contribution is 2.52. The molecule has 1 aliphatic rings. The normalized spacial score (nSPS) is 23.3. The van der Waals surface area contributed by atoms with Crippen LogP contribution < -0.4 is 0 Å². The van der Waals surface area contributed by atoms with Crippen LogP contribution in [0.4, 0.5) is 0 Å². The average Bonchev–Trinajstić information content (AvgIpc) is 2.78. The van der Waals surface area contributed by atoms with Gasteiger partial charge < -0.3 is 10.0 Å². The fourth-order valence-corrected chi connectivity index (χ4v) is 8.00. The van der Waals surface area contributed by atoms with Gasteiger partial charge in [0.05, 0.1) is 29.4 Å². The molecule has 2 aromatic rings. The molecule has 0 unspecified atom stereocenters. The van der Waals surface area contributed by atoms with Crippen LogP contribution >= 0.6 is 23.2 Å². The van der Waals surface area contributed by atoms with Gasteiger partial charge in [-0.05, 0) is 54.2 Å². The van der Waals surface area contributed by atoms with Crippen LogP contribution in [0, 0.1) is 11.3 Å². The minimum atomic E-state index is -3.48. The van der Waals surface area contributed by atoms with E-state index in [9.17, 15) is 23.1 Å². The van der Waals surface area contributed by atoms with Crippen LogP contribution in [0.25, 0.3) is 0 Å². The fourth-order valence-electron chi connectivity index (χ4n) is 5.54. The number of sulfone groups is 1. The number of hydrogen-bond donors (Lipinski definition) is 1. The summed E-state index contributed by atoms with van der Waals surface area (Å²) in [5.74, 6) is -1.97. The van der Waals surface area contributed by atoms with Gasteiger partial charge >= 0.3 is 5.97 Å². The summed E-state index contributed by atoms with van der Waals surface area (Å²) in [6.07, 6.45) is 0.317. The van der Waals surface area contributed by atoms with Crippen molar-refractivity contribution < 1.29 is 23.1 Å². The highest BCUT2D eigenvalue weighted by atomic mass is 35.5. The van der Waals surface area contributed by atoms with E-state index in [1.807, 2.05) is 51.1 Å². The highest BCUT2D eigenvalue weighted by Gasteiger charge is 2.52. The number of hydrogen-bond acceptors (Lipinski definition) is 4. The van der Waals surface area contributed by atoms with Crippen molar-refractivity contribution in [2.45, 2.75) is 65.0 Å². The van der Waals surface area contributed by atoms with Crippen LogP contribution in [-0.4, -0.2) is 47.8 Å². The standard InChI is InChI=1S/C28H35Cl2NO5S/c1-5-23(17-37(35,36)16-18(2)3)31-26(19-9-11-21(29)12-10-19)24(20-7-6-8-22(30)13-20)14-28(4,27(31)34)15-25(32)33/h6-13,18,23-24,26H,5,14-17H2,1-4H3,(H,32,33)/t23-,24+,26+,28+/m0/s1. The molecule has 6 nitrogen and oxygen atoms in total. The van der Waals surface area contributed by atoms with Crippen LogP contribution in [0.15, 0.2) is 48.5 Å². The monoisotopic (exact) mass is 567 g/mol. The van der Waals surface area contributed by atoms with Crippen LogP contribution in [0.5, 0.6) is 0 Å². The second kappa shape index (κ2) is 11.7. The van der Waals surface area contributed by atoms with E-state index in [2.05, 4.69) is 0 Å². The lowest BCUT2D eigenvalue weighted by Gasteiger charge is -2.51. The lowest BCUT2D eigenvalue weighted by Crippen LogP contribution is -2.57. The molecule has 0 radical (unpaired) electrons. The first kappa shape index (κ1) is 29.5. The topological polar surface area (TPSA) is 91.8 Å². The molecule has 4 atom stereocenters. The lowest BCUT2D eigenvalue weighted by atomic mass is 9.67. The van der Waals surface area contributed by atoms with Gasteiger partial charge in [0.15, 0.2) is 9.84 Å². The Kier molecular flexibility index (Phi) is 9.36. The van der Waals surface area contributed by atoms with E-state index in [1.165, 1.54) is 0 Å². The summed E-state index contributed by atoms with van der Waals surface area (Å²) in [4.78, 5) is 27.8. The second-order valence-electron chi connectivity index (χ2n) is 10.7. The van der Waals surface area contributed by atoms with E-state index >= 15 is 0 Å². The Morgan fingerprint density at radius 3 is 2.27 bits per heavy atom. The van der Waals surface area contributed by atoms with Crippen molar-refractivity contribution in [3.63, 3.8) is 0 Å². The third-order valence-corrected chi connectivity index (χ3v) is 9.58. The SMILES string of the molecule is CC[C@@H](CS(=O)(=O)CC(C)C)N1C(=O)[C@@](C)(CC(=O)O)C[C@H](c2cccc(Cl)c2)[C@H]1c1ccc(Cl)cc1. The third kappa shape index (κ3) is 7.06. The summed E-state index contributed by atoms with van der Waals surface area (Å²) in [5, 5.41) is 10.8. The fraction of sp³-hybridized carbons (Fsp3) is 0.500. The third-order valence-electron chi connectivity index (χ3n) is 7.03. The van der Waals surface area contributed by atoms with Gasteiger partial charge in [-0.3, -0.25) is 9.59 Å². The second-order valence-corrected chi connectivity index (χ2v) is 13.8. The maximum atomic E-state index is 14.2. The molecule has 1 heterocycles. The molecule has 0 bridgehead atoms. The summed E-state index contributed by atoms with van der Waals surface area (Å²) in [5.41, 5.74) is 0.443. The molecule has 1 amide bonds. The number of carbonyl (C=O) groups excluding carboxylic acids is 1. The number of piperidine rings is 1. The number of carboxylic acid groups (broad SMARTS) is 1. The maximum absolute atomic E-state index is 14.2. The van der Waals surface area contributed by atoms with Crippen LogP contribution in [0.3, 0.4) is 0 Å². The number of aliphatic carboxylic acids is 1. The van der Waals surface area contributed by atoms with Gasteiger partial charge in [0.1, 0.15) is 0 Å². The van der Waals surface area contributed by atoms with Crippen molar-refractivity contribution in [2.75, 3.05) is 11.5 Å². The summed E-state index contributed by atoms with van der Waals surface area (Å²) >= 11 is 12.5. The van der Waals surface area contributed by atoms with E-state index in [-0.39, 0.29) is 42.1 Å². The van der Waals surface area contributed by atoms with E-state index in [1.54, 1.807) is 30.0 Å². The lowest BCUT2D eigenvalue weighted by molar-refractivity contribution is -0.160. The Morgan fingerprint density at radius 1 is 1.08 bits per heavy atom. The van der Waals surface area contributed by atoms with Gasteiger partial charge in [-0.2, -0.15) is 0 Å². The Bertz CT molecular complexity index is 1230. The summed E-state index contributed by atoms with van der Waals surface area (Å²) < 4.78 is 26.2. The zero-order chi connectivity index (χ0) is 27.5. The van der Waals surface area contributed by atoms with E-state index < -0.39 is 33.3 Å². The molecule has 2 aromatic carbocycles. The van der Waals surface area contributed by atoms with E-state index in [0.29, 0.717) is 16.5 Å². The zero-order valence-corrected chi connectivity index (χ0v) is 24.0. The molecule has 3 rings (SSSR count). The Balaban J connectivity index is 2.23. The van der Waals surface area contributed by atoms with Crippen molar-refractivity contribution in [1.29, 1.82) is 0 Å². The minimum absolute atomic E-state index is 0.0151. The quantitative estimate of drug-likeness (QED) is 0.359. The van der Waals surface area contributed by atoms with Gasteiger partial charge in [0.25, 0.3) is 0 Å². The predicted octanol–water partition coefficient (Wildman–Crippen LogP) is 6.38. The van der Waals surface area contributed by atoms with Crippen molar-refractivity contribution in [3.05, 3.63) is 69.7 Å². The molecular weight excluding hydrogens is 533 g/mol. The number of halogens is 2. The molecule has 1 fully saturated rings. The van der Waals surface area contributed by atoms with Crippen LogP contribution in [-0.2, 0) is 19.4 Å². The number of benzene rings is 2. The van der Waals surface area contributed by atoms with Crippen molar-refractivity contribution in [2.24, 2.45) is 11.3 Å². The van der Waals surface area contributed by atoms with Gasteiger partial charge in [0.2, 0.25) is 5.91 Å². The Morgan fingerprint density at radius 2 is 1.73 bits per heavy atom. The van der Waals surface area contributed by atoms with Gasteiger partial charge in [0, 0.05) is 22.0 Å². The number of carbonyl (C=O) groups is 2. The molecule has 1 saturated heterocycles. The smallest absolute Gasteiger partial charge is 0.304 e. The first-order valence-electron chi connectivity index (χ1n) is 12.5. The number of likely N-dealkylation sites (tertiary alicyclic amines) is 1. The average molecular weight is 569 g/mol. The van der Waals surface area contributed by atoms with Crippen LogP contribution in [0.1, 0.15) is 70.0 Å². The zero-order valence-electron chi connectivity index (χ0n) is 21.7. The minimum Gasteiger partial charge on any atom is -0.481 e. The van der Waals surface area contributed by atoms with Gasteiger partial charge in [-0.15, -0.1) is 0 Å². The number of amides is 1. The van der Waals surface area contributed by atoms with Crippen molar-refractivity contribution in [3.8, 4) is 0 Å². The molecule has 0 saturated carbocycles. The van der Waals surface area contributed by atoms with Gasteiger partial charge in [-0.25, -0.2) is 8.42 Å². The molecule has 202 valence electrons. The molecule has 0 spiro atoms. The molecule has 37 heavy (non-hydrogen) atoms. The first-order valence-corrected chi connectivity index (χ1v) is 15.1. The molecule has 9 heteroatoms. The number of nitrogens with zero attached hydrogens (tertiary/aromatic N) is 1. The highest BCUT2D eigenvalue weighted by molar-refractivity contribution is 7.91. The summed E-state index contributed by atoms with van der Waals surface area (Å²) in [7, 11) is -3.48. The Labute approximate surface area is 229 Å². The van der Waals surface area contributed by atoms with Crippen molar-refractivity contribution in [1.82, 2.24) is 4.90 Å². The summed E-state index contributed by atoms with van der Waals surface area (Å²) in [6.45, 7) is 7.22. The molecule has 0 aliphatic carbocycles. The molecule has 0 aromatic heterocycles. The summed E-state index contributed by atoms with van der Waals surface area (Å²) in [6, 6.07) is 13.4. The van der Waals surface area contributed by atoms with E-state index in [0.717, 1.165) is 11.1 Å². The molecule has 1 N–H and O–H groups in total. The van der Waals surface area contributed by atoms with Crippen molar-refractivity contribution >= 4 is 44.9 Å². The number of carboxylic acids is 1. The Hall–Kier alpha value is -2.09. The van der Waals surface area contributed by atoms with Crippen LogP contribution in [0.2, 0.25) is 10.0 Å². The predicted molar refractivity (Wildman–Crippen MR) is 148 cm³/mol. The molecule has 1 aliphatic heterocycles. The molecular formula is C28H35Cl2NO5S. The number of rotatable bonds is 10.